The summed E-state index contributed by atoms with van der Waals surface area (Å²) in [6.45, 7) is 0. The lowest BCUT2D eigenvalue weighted by atomic mass is 10.1. The molecule has 138 valence electrons. The number of ether oxygens (including phenoxy) is 2. The van der Waals surface area contributed by atoms with Crippen LogP contribution >= 0.6 is 11.6 Å². The molecule has 0 spiro atoms. The number of halogens is 1. The fourth-order valence-corrected chi connectivity index (χ4v) is 2.72. The van der Waals surface area contributed by atoms with Crippen LogP contribution in [-0.2, 0) is 9.59 Å². The molecule has 4 amide bonds. The quantitative estimate of drug-likeness (QED) is 0.645. The van der Waals surface area contributed by atoms with Crippen LogP contribution < -0.4 is 19.7 Å². The maximum absolute atomic E-state index is 12.8. The molecule has 0 saturated carbocycles. The van der Waals surface area contributed by atoms with E-state index in [0.717, 1.165) is 4.90 Å². The third kappa shape index (κ3) is 3.63. The van der Waals surface area contributed by atoms with Crippen molar-refractivity contribution in [2.24, 2.45) is 0 Å². The number of carbonyl (C=O) groups excluding carboxylic acids is 3. The molecule has 1 aliphatic heterocycles. The Morgan fingerprint density at radius 1 is 0.963 bits per heavy atom. The number of anilines is 1. The highest BCUT2D eigenvalue weighted by molar-refractivity contribution is 6.39. The Labute approximate surface area is 160 Å². The number of hydrogen-bond donors (Lipinski definition) is 1. The lowest BCUT2D eigenvalue weighted by Gasteiger charge is -2.26. The molecule has 1 heterocycles. The fraction of sp³-hybridized carbons (Fsp3) is 0.105. The highest BCUT2D eigenvalue weighted by Crippen LogP contribution is 2.29. The van der Waals surface area contributed by atoms with Gasteiger partial charge in [-0.1, -0.05) is 17.7 Å². The summed E-state index contributed by atoms with van der Waals surface area (Å²) < 4.78 is 10.4. The Morgan fingerprint density at radius 2 is 1.63 bits per heavy atom. The van der Waals surface area contributed by atoms with Crippen molar-refractivity contribution in [1.29, 1.82) is 0 Å². The van der Waals surface area contributed by atoms with Gasteiger partial charge in [0.15, 0.2) is 11.5 Å². The van der Waals surface area contributed by atoms with Gasteiger partial charge in [0.05, 0.1) is 19.9 Å². The number of nitrogens with one attached hydrogen (secondary N) is 1. The van der Waals surface area contributed by atoms with Crippen LogP contribution in [0.3, 0.4) is 0 Å². The fourth-order valence-electron chi connectivity index (χ4n) is 2.59. The van der Waals surface area contributed by atoms with Crippen molar-refractivity contribution in [3.8, 4) is 11.5 Å². The molecule has 2 aromatic rings. The van der Waals surface area contributed by atoms with Crippen molar-refractivity contribution in [3.63, 3.8) is 0 Å². The molecule has 1 fully saturated rings. The van der Waals surface area contributed by atoms with E-state index in [1.165, 1.54) is 32.4 Å². The summed E-state index contributed by atoms with van der Waals surface area (Å²) in [4.78, 5) is 38.0. The van der Waals surface area contributed by atoms with Crippen molar-refractivity contribution >= 4 is 41.2 Å². The van der Waals surface area contributed by atoms with Gasteiger partial charge in [-0.2, -0.15) is 0 Å². The normalized spacial score (nSPS) is 15.7. The van der Waals surface area contributed by atoms with Gasteiger partial charge in [0.1, 0.15) is 5.57 Å². The minimum absolute atomic E-state index is 0.184. The Morgan fingerprint density at radius 3 is 2.26 bits per heavy atom. The predicted molar refractivity (Wildman–Crippen MR) is 100.0 cm³/mol. The molecule has 0 aliphatic carbocycles. The van der Waals surface area contributed by atoms with E-state index in [2.05, 4.69) is 5.32 Å². The topological polar surface area (TPSA) is 84.9 Å². The van der Waals surface area contributed by atoms with Crippen LogP contribution in [0.1, 0.15) is 5.56 Å². The summed E-state index contributed by atoms with van der Waals surface area (Å²) >= 11 is 5.84. The number of amides is 4. The van der Waals surface area contributed by atoms with E-state index in [1.807, 2.05) is 0 Å². The summed E-state index contributed by atoms with van der Waals surface area (Å²) in [7, 11) is 2.98. The first-order chi connectivity index (χ1) is 12.9. The molecule has 0 bridgehead atoms. The number of methoxy groups -OCH3 is 2. The number of nitrogens with zero attached hydrogens (tertiary/aromatic N) is 1. The molecule has 0 unspecified atom stereocenters. The Hall–Kier alpha value is -3.32. The monoisotopic (exact) mass is 386 g/mol. The molecule has 8 heteroatoms. The molecule has 27 heavy (non-hydrogen) atoms. The van der Waals surface area contributed by atoms with E-state index in [-0.39, 0.29) is 5.57 Å². The minimum Gasteiger partial charge on any atom is -0.493 e. The highest BCUT2D eigenvalue weighted by Gasteiger charge is 2.36. The summed E-state index contributed by atoms with van der Waals surface area (Å²) in [6.07, 6.45) is 1.38. The van der Waals surface area contributed by atoms with E-state index in [1.54, 1.807) is 30.3 Å². The molecule has 0 aromatic heterocycles. The van der Waals surface area contributed by atoms with E-state index < -0.39 is 17.8 Å². The third-order valence-electron chi connectivity index (χ3n) is 3.91. The van der Waals surface area contributed by atoms with E-state index >= 15 is 0 Å². The van der Waals surface area contributed by atoms with Gasteiger partial charge in [0.2, 0.25) is 0 Å². The number of urea groups is 1. The predicted octanol–water partition coefficient (Wildman–Crippen LogP) is 3.02. The number of carbonyl (C=O) groups is 3. The third-order valence-corrected chi connectivity index (χ3v) is 4.16. The molecule has 3 rings (SSSR count). The van der Waals surface area contributed by atoms with Crippen molar-refractivity contribution in [1.82, 2.24) is 5.32 Å². The molecule has 2 aromatic carbocycles. The van der Waals surface area contributed by atoms with Crippen molar-refractivity contribution in [3.05, 3.63) is 58.6 Å². The average molecular weight is 387 g/mol. The number of imide groups is 2. The molecular weight excluding hydrogens is 372 g/mol. The SMILES string of the molecule is COc1ccc(C=C2C(=O)NC(=O)N(c3ccc(Cl)cc3)C2=O)cc1OC. The molecule has 1 aliphatic rings. The second kappa shape index (κ2) is 7.51. The van der Waals surface area contributed by atoms with Crippen LogP contribution in [0, 0.1) is 0 Å². The zero-order valence-electron chi connectivity index (χ0n) is 14.5. The van der Waals surface area contributed by atoms with Gasteiger partial charge in [0.25, 0.3) is 11.8 Å². The average Bonchev–Trinajstić information content (AvgIpc) is 2.66. The first kappa shape index (κ1) is 18.5. The molecule has 7 nitrogen and oxygen atoms in total. The highest BCUT2D eigenvalue weighted by atomic mass is 35.5. The molecule has 1 saturated heterocycles. The lowest BCUT2D eigenvalue weighted by Crippen LogP contribution is -2.54. The lowest BCUT2D eigenvalue weighted by molar-refractivity contribution is -0.122. The van der Waals surface area contributed by atoms with Crippen molar-refractivity contribution in [2.45, 2.75) is 0 Å². The number of hydrogen-bond acceptors (Lipinski definition) is 5. The number of benzene rings is 2. The van der Waals surface area contributed by atoms with Gasteiger partial charge in [-0.15, -0.1) is 0 Å². The first-order valence-corrected chi connectivity index (χ1v) is 8.21. The number of rotatable bonds is 4. The molecule has 0 atom stereocenters. The van der Waals surface area contributed by atoms with Gasteiger partial charge >= 0.3 is 6.03 Å². The van der Waals surface area contributed by atoms with Crippen LogP contribution in [0.5, 0.6) is 11.5 Å². The van der Waals surface area contributed by atoms with Crippen LogP contribution in [0.15, 0.2) is 48.0 Å². The number of barbiturate groups is 1. The van der Waals surface area contributed by atoms with Crippen molar-refractivity contribution < 1.29 is 23.9 Å². The van der Waals surface area contributed by atoms with Crippen molar-refractivity contribution in [2.75, 3.05) is 19.1 Å². The smallest absolute Gasteiger partial charge is 0.335 e. The minimum atomic E-state index is -0.822. The Bertz CT molecular complexity index is 953. The van der Waals surface area contributed by atoms with Gasteiger partial charge in [0, 0.05) is 5.02 Å². The standard InChI is InChI=1S/C19H15ClN2O5/c1-26-15-8-3-11(10-16(15)27-2)9-14-17(23)21-19(25)22(18(14)24)13-6-4-12(20)5-7-13/h3-10H,1-2H3,(H,21,23,25). The second-order valence-electron chi connectivity index (χ2n) is 5.55. The molecular formula is C19H15ClN2O5. The largest absolute Gasteiger partial charge is 0.493 e. The van der Waals surface area contributed by atoms with E-state index in [9.17, 15) is 14.4 Å². The Balaban J connectivity index is 2.00. The van der Waals surface area contributed by atoms with Gasteiger partial charge < -0.3 is 9.47 Å². The zero-order chi connectivity index (χ0) is 19.6. The summed E-state index contributed by atoms with van der Waals surface area (Å²) in [5, 5.41) is 2.62. The summed E-state index contributed by atoms with van der Waals surface area (Å²) in [5.74, 6) is -0.552. The zero-order valence-corrected chi connectivity index (χ0v) is 15.2. The second-order valence-corrected chi connectivity index (χ2v) is 5.99. The van der Waals surface area contributed by atoms with Gasteiger partial charge in [-0.05, 0) is 48.0 Å². The van der Waals surface area contributed by atoms with Crippen LogP contribution in [0.25, 0.3) is 6.08 Å². The first-order valence-electron chi connectivity index (χ1n) is 7.83. The van der Waals surface area contributed by atoms with E-state index in [0.29, 0.717) is 27.8 Å². The van der Waals surface area contributed by atoms with Gasteiger partial charge in [-0.3, -0.25) is 14.9 Å². The van der Waals surface area contributed by atoms with Crippen LogP contribution in [-0.4, -0.2) is 32.1 Å². The summed E-state index contributed by atoms with van der Waals surface area (Å²) in [6, 6.07) is 10.2. The summed E-state index contributed by atoms with van der Waals surface area (Å²) in [5.41, 5.74) is 0.654. The molecule has 0 radical (unpaired) electrons. The van der Waals surface area contributed by atoms with Crippen LogP contribution in [0.2, 0.25) is 5.02 Å². The molecule has 1 N–H and O–H groups in total. The maximum Gasteiger partial charge on any atom is 0.335 e. The van der Waals surface area contributed by atoms with E-state index in [4.69, 9.17) is 21.1 Å². The van der Waals surface area contributed by atoms with Crippen LogP contribution in [0.4, 0.5) is 10.5 Å². The van der Waals surface area contributed by atoms with Gasteiger partial charge in [-0.25, -0.2) is 9.69 Å². The maximum atomic E-state index is 12.8. The Kier molecular flexibility index (Phi) is 5.14.